The molecule has 7 heteroatoms. The lowest BCUT2D eigenvalue weighted by atomic mass is 9.78. The van der Waals surface area contributed by atoms with Gasteiger partial charge in [0.2, 0.25) is 0 Å². The average molecular weight is 342 g/mol. The van der Waals surface area contributed by atoms with Gasteiger partial charge in [0.1, 0.15) is 11.5 Å². The normalized spacial score (nSPS) is 28.7. The van der Waals surface area contributed by atoms with E-state index in [-0.39, 0.29) is 17.8 Å². The number of nitrogens with zero attached hydrogens (tertiary/aromatic N) is 2. The van der Waals surface area contributed by atoms with Gasteiger partial charge in [-0.25, -0.2) is 14.1 Å². The zero-order chi connectivity index (χ0) is 17.4. The van der Waals surface area contributed by atoms with Crippen LogP contribution in [0.1, 0.15) is 31.5 Å². The van der Waals surface area contributed by atoms with Gasteiger partial charge in [-0.1, -0.05) is 12.1 Å². The van der Waals surface area contributed by atoms with E-state index in [0.717, 1.165) is 25.7 Å². The van der Waals surface area contributed by atoms with Crippen molar-refractivity contribution in [2.24, 2.45) is 17.4 Å². The van der Waals surface area contributed by atoms with E-state index in [2.05, 4.69) is 15.7 Å². The summed E-state index contributed by atoms with van der Waals surface area (Å²) >= 11 is 0. The lowest BCUT2D eigenvalue weighted by Crippen LogP contribution is -2.58. The molecule has 1 aromatic carbocycles. The van der Waals surface area contributed by atoms with Crippen LogP contribution in [-0.2, 0) is 0 Å². The number of nitrogens with one attached hydrogen (secondary N) is 2. The maximum absolute atomic E-state index is 14.1. The Morgan fingerprint density at radius 1 is 1.24 bits per heavy atom. The van der Waals surface area contributed by atoms with E-state index in [1.807, 2.05) is 12.3 Å². The van der Waals surface area contributed by atoms with Gasteiger partial charge >= 0.3 is 0 Å². The Bertz CT molecular complexity index is 792. The standard InChI is InChI=1S/C18H23FN6/c19-14-3-1-2-4-15(14)23-16-11-18(21,12-5-7-13(20)8-6-12)24-25-10-9-22-17(16)25/h1-4,9-13,23-24H,5-8,20-21H2. The molecule has 0 saturated heterocycles. The van der Waals surface area contributed by atoms with Gasteiger partial charge in [0.25, 0.3) is 0 Å². The number of halogens is 1. The second kappa shape index (κ2) is 6.16. The van der Waals surface area contributed by atoms with Crippen molar-refractivity contribution in [1.82, 2.24) is 9.66 Å². The van der Waals surface area contributed by atoms with Crippen molar-refractivity contribution in [3.63, 3.8) is 0 Å². The molecule has 2 aromatic rings. The summed E-state index contributed by atoms with van der Waals surface area (Å²) in [5.74, 6) is 0.614. The Kier molecular flexibility index (Phi) is 3.97. The fraction of sp³-hybridized carbons (Fsp3) is 0.389. The first-order chi connectivity index (χ1) is 12.0. The van der Waals surface area contributed by atoms with Crippen molar-refractivity contribution in [1.29, 1.82) is 0 Å². The highest BCUT2D eigenvalue weighted by molar-refractivity contribution is 5.76. The van der Waals surface area contributed by atoms with Crippen molar-refractivity contribution < 1.29 is 4.39 Å². The monoisotopic (exact) mass is 342 g/mol. The molecule has 2 heterocycles. The molecule has 6 nitrogen and oxygen atoms in total. The van der Waals surface area contributed by atoms with Crippen LogP contribution in [0.5, 0.6) is 0 Å². The molecule has 0 spiro atoms. The number of imidazole rings is 1. The van der Waals surface area contributed by atoms with Gasteiger partial charge in [-0.3, -0.25) is 0 Å². The van der Waals surface area contributed by atoms with E-state index in [0.29, 0.717) is 17.2 Å². The summed E-state index contributed by atoms with van der Waals surface area (Å²) in [6.07, 6.45) is 9.29. The van der Waals surface area contributed by atoms with Crippen molar-refractivity contribution in [3.05, 3.63) is 54.4 Å². The minimum Gasteiger partial charge on any atom is -0.350 e. The van der Waals surface area contributed by atoms with E-state index in [4.69, 9.17) is 11.5 Å². The van der Waals surface area contributed by atoms with E-state index < -0.39 is 5.66 Å². The molecule has 4 rings (SSSR count). The fourth-order valence-electron chi connectivity index (χ4n) is 3.74. The van der Waals surface area contributed by atoms with Crippen molar-refractivity contribution >= 4 is 11.4 Å². The van der Waals surface area contributed by atoms with Crippen LogP contribution in [0, 0.1) is 11.7 Å². The molecule has 1 aromatic heterocycles. The first-order valence-corrected chi connectivity index (χ1v) is 8.66. The predicted octanol–water partition coefficient (Wildman–Crippen LogP) is 2.20. The van der Waals surface area contributed by atoms with Crippen LogP contribution < -0.4 is 22.2 Å². The van der Waals surface area contributed by atoms with Crippen LogP contribution in [0.25, 0.3) is 5.70 Å². The van der Waals surface area contributed by atoms with Crippen LogP contribution >= 0.6 is 0 Å². The van der Waals surface area contributed by atoms with E-state index >= 15 is 0 Å². The van der Waals surface area contributed by atoms with Crippen molar-refractivity contribution in [3.8, 4) is 0 Å². The Morgan fingerprint density at radius 2 is 2.00 bits per heavy atom. The second-order valence-electron chi connectivity index (χ2n) is 6.94. The third-order valence-corrected chi connectivity index (χ3v) is 5.17. The summed E-state index contributed by atoms with van der Waals surface area (Å²) < 4.78 is 15.9. The van der Waals surface area contributed by atoms with E-state index in [1.54, 1.807) is 29.1 Å². The molecule has 1 aliphatic heterocycles. The van der Waals surface area contributed by atoms with Gasteiger partial charge in [-0.15, -0.1) is 0 Å². The summed E-state index contributed by atoms with van der Waals surface area (Å²) in [5, 5.41) is 3.15. The quantitative estimate of drug-likeness (QED) is 0.686. The van der Waals surface area contributed by atoms with Gasteiger partial charge in [-0.05, 0) is 43.9 Å². The lowest BCUT2D eigenvalue weighted by Gasteiger charge is -2.42. The number of anilines is 1. The summed E-state index contributed by atoms with van der Waals surface area (Å²) in [6.45, 7) is 0. The third kappa shape index (κ3) is 3.01. The number of fused-ring (bicyclic) bond motifs is 1. The van der Waals surface area contributed by atoms with Gasteiger partial charge in [-0.2, -0.15) is 0 Å². The maximum Gasteiger partial charge on any atom is 0.174 e. The third-order valence-electron chi connectivity index (χ3n) is 5.17. The molecule has 2 aliphatic rings. The first kappa shape index (κ1) is 16.1. The van der Waals surface area contributed by atoms with E-state index in [1.165, 1.54) is 6.07 Å². The molecule has 1 aliphatic carbocycles. The molecular formula is C18H23FN6. The Labute approximate surface area is 146 Å². The Balaban J connectivity index is 1.67. The second-order valence-corrected chi connectivity index (χ2v) is 6.94. The molecule has 0 amide bonds. The maximum atomic E-state index is 14.1. The minimum absolute atomic E-state index is 0.250. The van der Waals surface area contributed by atoms with Gasteiger partial charge in [0, 0.05) is 24.4 Å². The first-order valence-electron chi connectivity index (χ1n) is 8.66. The Morgan fingerprint density at radius 3 is 2.76 bits per heavy atom. The topological polar surface area (TPSA) is 93.9 Å². The SMILES string of the molecule is NC1CCC(C2(N)C=C(Nc3ccccc3F)c3nccn3N2)CC1. The van der Waals surface area contributed by atoms with Gasteiger partial charge in [0.15, 0.2) is 5.82 Å². The molecule has 6 N–H and O–H groups in total. The summed E-state index contributed by atoms with van der Waals surface area (Å²) in [7, 11) is 0. The molecule has 0 radical (unpaired) electrons. The van der Waals surface area contributed by atoms with Gasteiger partial charge < -0.3 is 22.2 Å². The number of benzene rings is 1. The van der Waals surface area contributed by atoms with Gasteiger partial charge in [0.05, 0.1) is 11.4 Å². The largest absolute Gasteiger partial charge is 0.350 e. The zero-order valence-electron chi connectivity index (χ0n) is 14.0. The zero-order valence-corrected chi connectivity index (χ0v) is 14.0. The van der Waals surface area contributed by atoms with E-state index in [9.17, 15) is 4.39 Å². The number of rotatable bonds is 3. The number of nitrogens with two attached hydrogens (primary N) is 2. The fourth-order valence-corrected chi connectivity index (χ4v) is 3.74. The minimum atomic E-state index is -0.735. The average Bonchev–Trinajstić information content (AvgIpc) is 3.05. The molecule has 1 unspecified atom stereocenters. The highest BCUT2D eigenvalue weighted by Gasteiger charge is 2.39. The molecule has 132 valence electrons. The highest BCUT2D eigenvalue weighted by atomic mass is 19.1. The smallest absolute Gasteiger partial charge is 0.174 e. The Hall–Kier alpha value is -2.38. The molecule has 1 fully saturated rings. The lowest BCUT2D eigenvalue weighted by molar-refractivity contribution is 0.239. The number of hydrogen-bond donors (Lipinski definition) is 4. The summed E-state index contributed by atoms with van der Waals surface area (Å²) in [5.41, 5.74) is 16.5. The van der Waals surface area contributed by atoms with Crippen molar-refractivity contribution in [2.75, 3.05) is 10.7 Å². The molecule has 25 heavy (non-hydrogen) atoms. The summed E-state index contributed by atoms with van der Waals surface area (Å²) in [4.78, 5) is 4.36. The van der Waals surface area contributed by atoms with Crippen LogP contribution in [0.3, 0.4) is 0 Å². The molecule has 1 atom stereocenters. The molecule has 0 bridgehead atoms. The number of aromatic nitrogens is 2. The summed E-state index contributed by atoms with van der Waals surface area (Å²) in [6, 6.07) is 6.83. The van der Waals surface area contributed by atoms with Crippen LogP contribution in [0.2, 0.25) is 0 Å². The van der Waals surface area contributed by atoms with Crippen LogP contribution in [-0.4, -0.2) is 21.4 Å². The predicted molar refractivity (Wildman–Crippen MR) is 96.4 cm³/mol. The highest BCUT2D eigenvalue weighted by Crippen LogP contribution is 2.35. The van der Waals surface area contributed by atoms with Crippen molar-refractivity contribution in [2.45, 2.75) is 37.4 Å². The number of hydrogen-bond acceptors (Lipinski definition) is 5. The van der Waals surface area contributed by atoms with Crippen LogP contribution in [0.15, 0.2) is 42.7 Å². The number of para-hydroxylation sites is 1. The van der Waals surface area contributed by atoms with Crippen LogP contribution in [0.4, 0.5) is 10.1 Å². The molecule has 1 saturated carbocycles. The molecular weight excluding hydrogens is 319 g/mol.